The van der Waals surface area contributed by atoms with E-state index in [0.717, 1.165) is 16.6 Å². The number of fused-ring (bicyclic) bond motifs is 15. The van der Waals surface area contributed by atoms with E-state index in [1.54, 1.807) is 0 Å². The van der Waals surface area contributed by atoms with E-state index in [-0.39, 0.29) is 0 Å². The first-order chi connectivity index (χ1) is 24.3. The molecule has 0 aliphatic heterocycles. The Hall–Kier alpha value is -6.44. The molecule has 0 bridgehead atoms. The first kappa shape index (κ1) is 26.6. The molecule has 11 rings (SSSR count). The third-order valence-corrected chi connectivity index (χ3v) is 10.6. The summed E-state index contributed by atoms with van der Waals surface area (Å²) in [5, 5.41) is 17.8. The fraction of sp³-hybridized carbons (Fsp3) is 0. The molecule has 0 fully saturated rings. The molecule has 0 aliphatic rings. The van der Waals surface area contributed by atoms with Crippen LogP contribution in [0.15, 0.2) is 174 Å². The maximum atomic E-state index is 6.28. The van der Waals surface area contributed by atoms with E-state index in [1.165, 1.54) is 92.3 Å². The lowest BCUT2D eigenvalue weighted by Gasteiger charge is -2.18. The predicted octanol–water partition coefficient (Wildman–Crippen LogP) is 13.8. The van der Waals surface area contributed by atoms with Gasteiger partial charge in [-0.05, 0) is 105 Å². The molecular formula is C48H28O. The van der Waals surface area contributed by atoms with Crippen LogP contribution in [0.1, 0.15) is 0 Å². The molecule has 11 aromatic rings. The molecule has 1 nitrogen and oxygen atoms in total. The van der Waals surface area contributed by atoms with Crippen LogP contribution in [-0.4, -0.2) is 0 Å². The molecule has 0 N–H and O–H groups in total. The van der Waals surface area contributed by atoms with Crippen molar-refractivity contribution in [2.24, 2.45) is 0 Å². The molecule has 0 spiro atoms. The van der Waals surface area contributed by atoms with Gasteiger partial charge in [0, 0.05) is 10.8 Å². The molecule has 1 aromatic heterocycles. The van der Waals surface area contributed by atoms with Crippen molar-refractivity contribution in [3.63, 3.8) is 0 Å². The van der Waals surface area contributed by atoms with Crippen molar-refractivity contribution in [1.29, 1.82) is 0 Å². The fourth-order valence-corrected chi connectivity index (χ4v) is 8.57. The molecule has 49 heavy (non-hydrogen) atoms. The minimum atomic E-state index is 0.917. The van der Waals surface area contributed by atoms with Crippen molar-refractivity contribution in [2.75, 3.05) is 0 Å². The molecule has 226 valence electrons. The summed E-state index contributed by atoms with van der Waals surface area (Å²) in [6.07, 6.45) is 0. The van der Waals surface area contributed by atoms with E-state index in [1.807, 2.05) is 6.07 Å². The number of hydrogen-bond acceptors (Lipinski definition) is 1. The summed E-state index contributed by atoms with van der Waals surface area (Å²) < 4.78 is 6.28. The topological polar surface area (TPSA) is 13.1 Å². The molecule has 1 heterocycles. The molecule has 0 radical (unpaired) electrons. The zero-order valence-corrected chi connectivity index (χ0v) is 26.6. The third kappa shape index (κ3) is 3.70. The highest BCUT2D eigenvalue weighted by atomic mass is 16.3. The monoisotopic (exact) mass is 620 g/mol. The van der Waals surface area contributed by atoms with E-state index >= 15 is 0 Å². The van der Waals surface area contributed by atoms with Gasteiger partial charge in [-0.25, -0.2) is 0 Å². The fourth-order valence-electron chi connectivity index (χ4n) is 8.57. The van der Waals surface area contributed by atoms with Crippen LogP contribution in [0.25, 0.3) is 109 Å². The van der Waals surface area contributed by atoms with Gasteiger partial charge in [-0.15, -0.1) is 0 Å². The average Bonchev–Trinajstić information content (AvgIpc) is 3.56. The molecule has 1 heteroatoms. The normalized spacial score (nSPS) is 12.1. The van der Waals surface area contributed by atoms with Crippen molar-refractivity contribution >= 4 is 86.6 Å². The number of hydrogen-bond donors (Lipinski definition) is 0. The highest BCUT2D eigenvalue weighted by molar-refractivity contribution is 6.39. The summed E-state index contributed by atoms with van der Waals surface area (Å²) in [5.74, 6) is 0. The first-order valence-electron chi connectivity index (χ1n) is 16.9. The Morgan fingerprint density at radius 1 is 0.245 bits per heavy atom. The number of benzene rings is 10. The van der Waals surface area contributed by atoms with Gasteiger partial charge < -0.3 is 4.42 Å². The second kappa shape index (κ2) is 10.0. The maximum absolute atomic E-state index is 6.28. The Balaban J connectivity index is 1.21. The summed E-state index contributed by atoms with van der Waals surface area (Å²) in [6, 6.07) is 62.0. The zero-order valence-electron chi connectivity index (χ0n) is 26.6. The largest absolute Gasteiger partial charge is 0.456 e. The van der Waals surface area contributed by atoms with Crippen molar-refractivity contribution in [3.8, 4) is 22.3 Å². The van der Waals surface area contributed by atoms with Gasteiger partial charge in [0.05, 0.1) is 0 Å². The van der Waals surface area contributed by atoms with Crippen molar-refractivity contribution < 1.29 is 4.42 Å². The summed E-state index contributed by atoms with van der Waals surface area (Å²) in [5.41, 5.74) is 6.70. The van der Waals surface area contributed by atoms with Gasteiger partial charge >= 0.3 is 0 Å². The Morgan fingerprint density at radius 3 is 1.37 bits per heavy atom. The highest BCUT2D eigenvalue weighted by Gasteiger charge is 2.18. The lowest BCUT2D eigenvalue weighted by Crippen LogP contribution is -1.90. The van der Waals surface area contributed by atoms with Gasteiger partial charge in [0.15, 0.2) is 0 Å². The Labute approximate surface area is 282 Å². The molecule has 0 saturated carbocycles. The Kier molecular flexibility index (Phi) is 5.45. The minimum Gasteiger partial charge on any atom is -0.456 e. The summed E-state index contributed by atoms with van der Waals surface area (Å²) in [6.45, 7) is 0. The van der Waals surface area contributed by atoms with Gasteiger partial charge in [0.25, 0.3) is 0 Å². The molecular weight excluding hydrogens is 593 g/mol. The van der Waals surface area contributed by atoms with Crippen LogP contribution in [0, 0.1) is 0 Å². The standard InChI is InChI=1S/C48H28O/c1-2-13-32-31(12-1)30(26-27-36(32)37-21-11-23-45-46(37)42-20-9-10-22-44(42)49-45)29-24-25-41-43(28-29)35-16-5-8-19-40(35)47-38-17-6-3-14-33(38)34-15-4-7-18-39(34)48(41)47/h1-28H. The summed E-state index contributed by atoms with van der Waals surface area (Å²) in [4.78, 5) is 0. The van der Waals surface area contributed by atoms with Crippen LogP contribution in [0.4, 0.5) is 0 Å². The lowest BCUT2D eigenvalue weighted by molar-refractivity contribution is 0.669. The van der Waals surface area contributed by atoms with Crippen molar-refractivity contribution in [3.05, 3.63) is 170 Å². The number of rotatable bonds is 2. The van der Waals surface area contributed by atoms with E-state index < -0.39 is 0 Å². The minimum absolute atomic E-state index is 0.917. The Bertz CT molecular complexity index is 3160. The molecule has 0 unspecified atom stereocenters. The summed E-state index contributed by atoms with van der Waals surface area (Å²) in [7, 11) is 0. The van der Waals surface area contributed by atoms with Crippen LogP contribution in [0.3, 0.4) is 0 Å². The SMILES string of the molecule is c1ccc2c(c1)oc1cccc(-c3ccc(-c4ccc5c(c4)c4ccccc4c4c6ccccc6c6ccccc6c54)c4ccccc34)c12. The van der Waals surface area contributed by atoms with E-state index in [9.17, 15) is 0 Å². The van der Waals surface area contributed by atoms with Gasteiger partial charge in [-0.3, -0.25) is 0 Å². The lowest BCUT2D eigenvalue weighted by atomic mass is 9.85. The first-order valence-corrected chi connectivity index (χ1v) is 16.9. The van der Waals surface area contributed by atoms with Crippen molar-refractivity contribution in [1.82, 2.24) is 0 Å². The van der Waals surface area contributed by atoms with Crippen LogP contribution in [0.2, 0.25) is 0 Å². The van der Waals surface area contributed by atoms with Crippen molar-refractivity contribution in [2.45, 2.75) is 0 Å². The molecule has 10 aromatic carbocycles. The quantitative estimate of drug-likeness (QED) is 0.175. The van der Waals surface area contributed by atoms with E-state index in [0.29, 0.717) is 0 Å². The predicted molar refractivity (Wildman–Crippen MR) is 210 cm³/mol. The molecule has 0 saturated heterocycles. The average molecular weight is 621 g/mol. The van der Waals surface area contributed by atoms with Gasteiger partial charge in [0.2, 0.25) is 0 Å². The highest BCUT2D eigenvalue weighted by Crippen LogP contribution is 2.46. The van der Waals surface area contributed by atoms with Gasteiger partial charge in [-0.2, -0.15) is 0 Å². The smallest absolute Gasteiger partial charge is 0.136 e. The molecule has 0 amide bonds. The second-order valence-corrected chi connectivity index (χ2v) is 13.1. The second-order valence-electron chi connectivity index (χ2n) is 13.1. The van der Waals surface area contributed by atoms with Gasteiger partial charge in [-0.1, -0.05) is 152 Å². The maximum Gasteiger partial charge on any atom is 0.136 e. The van der Waals surface area contributed by atoms with E-state index in [4.69, 9.17) is 4.42 Å². The number of para-hydroxylation sites is 1. The number of furan rings is 1. The zero-order chi connectivity index (χ0) is 32.1. The van der Waals surface area contributed by atoms with E-state index in [2.05, 4.69) is 164 Å². The van der Waals surface area contributed by atoms with Gasteiger partial charge in [0.1, 0.15) is 11.2 Å². The van der Waals surface area contributed by atoms with Crippen LogP contribution in [-0.2, 0) is 0 Å². The molecule has 0 atom stereocenters. The summed E-state index contributed by atoms with van der Waals surface area (Å²) >= 11 is 0. The van der Waals surface area contributed by atoms with Crippen LogP contribution < -0.4 is 0 Å². The Morgan fingerprint density at radius 2 is 0.714 bits per heavy atom. The third-order valence-electron chi connectivity index (χ3n) is 10.6. The van der Waals surface area contributed by atoms with Crippen LogP contribution in [0.5, 0.6) is 0 Å². The molecule has 0 aliphatic carbocycles. The van der Waals surface area contributed by atoms with Crippen LogP contribution >= 0.6 is 0 Å².